The van der Waals surface area contributed by atoms with Gasteiger partial charge in [-0.25, -0.2) is 4.98 Å². The molecular formula is C14H20N4O2. The zero-order valence-corrected chi connectivity index (χ0v) is 12.0. The van der Waals surface area contributed by atoms with E-state index in [1.807, 2.05) is 32.0 Å². The van der Waals surface area contributed by atoms with Crippen molar-refractivity contribution in [3.63, 3.8) is 0 Å². The Morgan fingerprint density at radius 3 is 2.70 bits per heavy atom. The highest BCUT2D eigenvalue weighted by atomic mass is 16.5. The van der Waals surface area contributed by atoms with Crippen molar-refractivity contribution in [1.29, 1.82) is 0 Å². The molecule has 0 radical (unpaired) electrons. The summed E-state index contributed by atoms with van der Waals surface area (Å²) in [6.45, 7) is 4.53. The van der Waals surface area contributed by atoms with Gasteiger partial charge in [-0.05, 0) is 24.6 Å². The average molecular weight is 276 g/mol. The molecule has 0 aliphatic rings. The van der Waals surface area contributed by atoms with Crippen LogP contribution in [0.2, 0.25) is 0 Å². The number of rotatable bonds is 6. The Morgan fingerprint density at radius 2 is 2.10 bits per heavy atom. The maximum Gasteiger partial charge on any atom is 0.171 e. The Morgan fingerprint density at radius 1 is 1.30 bits per heavy atom. The summed E-state index contributed by atoms with van der Waals surface area (Å²) in [5, 5.41) is 7.01. The van der Waals surface area contributed by atoms with Crippen molar-refractivity contribution in [3.8, 4) is 11.5 Å². The molecule has 2 rings (SSSR count). The van der Waals surface area contributed by atoms with E-state index in [4.69, 9.17) is 15.2 Å². The first kappa shape index (κ1) is 14.3. The van der Waals surface area contributed by atoms with Crippen LogP contribution in [0.1, 0.15) is 37.1 Å². The number of hydrogen-bond donors (Lipinski definition) is 2. The molecule has 0 aliphatic heterocycles. The van der Waals surface area contributed by atoms with Crippen molar-refractivity contribution in [2.45, 2.75) is 26.3 Å². The number of H-pyrrole nitrogens is 1. The van der Waals surface area contributed by atoms with Crippen LogP contribution in [0, 0.1) is 0 Å². The van der Waals surface area contributed by atoms with Crippen LogP contribution in [0.4, 0.5) is 0 Å². The van der Waals surface area contributed by atoms with Crippen LogP contribution >= 0.6 is 0 Å². The molecule has 1 heterocycles. The van der Waals surface area contributed by atoms with Gasteiger partial charge in [-0.2, -0.15) is 5.10 Å². The van der Waals surface area contributed by atoms with Gasteiger partial charge in [-0.3, -0.25) is 5.10 Å². The summed E-state index contributed by atoms with van der Waals surface area (Å²) >= 11 is 0. The molecule has 1 aromatic heterocycles. The van der Waals surface area contributed by atoms with E-state index in [1.54, 1.807) is 7.11 Å². The van der Waals surface area contributed by atoms with Crippen molar-refractivity contribution in [3.05, 3.63) is 35.4 Å². The van der Waals surface area contributed by atoms with E-state index in [1.165, 1.54) is 0 Å². The topological polar surface area (TPSA) is 86.0 Å². The number of aromatic nitrogens is 3. The molecule has 6 heteroatoms. The molecule has 0 amide bonds. The van der Waals surface area contributed by atoms with Gasteiger partial charge >= 0.3 is 0 Å². The van der Waals surface area contributed by atoms with Gasteiger partial charge in [0.25, 0.3) is 0 Å². The second-order valence-corrected chi connectivity index (χ2v) is 4.31. The molecule has 2 aromatic rings. The molecule has 108 valence electrons. The van der Waals surface area contributed by atoms with Gasteiger partial charge in [0.15, 0.2) is 17.3 Å². The lowest BCUT2D eigenvalue weighted by Gasteiger charge is -2.13. The fourth-order valence-electron chi connectivity index (χ4n) is 1.91. The van der Waals surface area contributed by atoms with E-state index < -0.39 is 6.04 Å². The minimum absolute atomic E-state index is 0.392. The maximum atomic E-state index is 6.19. The van der Waals surface area contributed by atoms with Crippen molar-refractivity contribution in [2.24, 2.45) is 5.73 Å². The predicted molar refractivity (Wildman–Crippen MR) is 76.0 cm³/mol. The highest BCUT2D eigenvalue weighted by Gasteiger charge is 2.16. The van der Waals surface area contributed by atoms with E-state index in [-0.39, 0.29) is 0 Å². The fourth-order valence-corrected chi connectivity index (χ4v) is 1.91. The molecule has 20 heavy (non-hydrogen) atoms. The van der Waals surface area contributed by atoms with Crippen LogP contribution in [-0.4, -0.2) is 28.9 Å². The van der Waals surface area contributed by atoms with Crippen LogP contribution in [0.3, 0.4) is 0 Å². The summed E-state index contributed by atoms with van der Waals surface area (Å²) < 4.78 is 10.8. The van der Waals surface area contributed by atoms with Gasteiger partial charge < -0.3 is 15.2 Å². The maximum absolute atomic E-state index is 6.19. The summed E-state index contributed by atoms with van der Waals surface area (Å²) in [5.74, 6) is 2.77. The molecule has 0 bridgehead atoms. The molecule has 1 unspecified atom stereocenters. The Kier molecular flexibility index (Phi) is 4.57. The molecule has 1 aromatic carbocycles. The largest absolute Gasteiger partial charge is 0.493 e. The third kappa shape index (κ3) is 2.91. The SMILES string of the molecule is CCOc1ccc(C(N)c2n[nH]c(CC)n2)cc1OC. The Bertz CT molecular complexity index is 568. The zero-order chi connectivity index (χ0) is 14.5. The average Bonchev–Trinajstić information content (AvgIpc) is 2.96. The minimum atomic E-state index is -0.392. The lowest BCUT2D eigenvalue weighted by Crippen LogP contribution is -2.14. The summed E-state index contributed by atoms with van der Waals surface area (Å²) in [5.41, 5.74) is 7.07. The van der Waals surface area contributed by atoms with Gasteiger partial charge in [0, 0.05) is 6.42 Å². The number of hydrogen-bond acceptors (Lipinski definition) is 5. The second kappa shape index (κ2) is 6.38. The number of ether oxygens (including phenoxy) is 2. The normalized spacial score (nSPS) is 12.2. The number of nitrogens with one attached hydrogen (secondary N) is 1. The number of benzene rings is 1. The first-order valence-corrected chi connectivity index (χ1v) is 6.67. The predicted octanol–water partition coefficient (Wildman–Crippen LogP) is 1.82. The van der Waals surface area contributed by atoms with Crippen molar-refractivity contribution in [1.82, 2.24) is 15.2 Å². The number of nitrogens with two attached hydrogens (primary N) is 1. The highest BCUT2D eigenvalue weighted by Crippen LogP contribution is 2.30. The Balaban J connectivity index is 2.27. The van der Waals surface area contributed by atoms with Crippen LogP contribution in [0.15, 0.2) is 18.2 Å². The van der Waals surface area contributed by atoms with E-state index in [0.717, 1.165) is 17.8 Å². The molecular weight excluding hydrogens is 256 g/mol. The van der Waals surface area contributed by atoms with E-state index in [0.29, 0.717) is 23.9 Å². The van der Waals surface area contributed by atoms with Crippen molar-refractivity contribution < 1.29 is 9.47 Å². The second-order valence-electron chi connectivity index (χ2n) is 4.31. The number of aromatic amines is 1. The Hall–Kier alpha value is -2.08. The van der Waals surface area contributed by atoms with E-state index >= 15 is 0 Å². The third-order valence-corrected chi connectivity index (χ3v) is 3.01. The molecule has 0 aliphatic carbocycles. The summed E-state index contributed by atoms with van der Waals surface area (Å²) in [6, 6.07) is 5.22. The molecule has 0 fully saturated rings. The number of nitrogens with zero attached hydrogens (tertiary/aromatic N) is 2. The summed E-state index contributed by atoms with van der Waals surface area (Å²) in [7, 11) is 1.61. The van der Waals surface area contributed by atoms with Gasteiger partial charge in [-0.15, -0.1) is 0 Å². The van der Waals surface area contributed by atoms with Crippen LogP contribution in [-0.2, 0) is 6.42 Å². The minimum Gasteiger partial charge on any atom is -0.493 e. The highest BCUT2D eigenvalue weighted by molar-refractivity contribution is 5.44. The zero-order valence-electron chi connectivity index (χ0n) is 12.0. The number of aryl methyl sites for hydroxylation is 1. The molecule has 3 N–H and O–H groups in total. The van der Waals surface area contributed by atoms with Crippen molar-refractivity contribution >= 4 is 0 Å². The fraction of sp³-hybridized carbons (Fsp3) is 0.429. The van der Waals surface area contributed by atoms with E-state index in [2.05, 4.69) is 15.2 Å². The van der Waals surface area contributed by atoms with Gasteiger partial charge in [0.2, 0.25) is 0 Å². The number of methoxy groups -OCH3 is 1. The van der Waals surface area contributed by atoms with Gasteiger partial charge in [0.1, 0.15) is 5.82 Å². The van der Waals surface area contributed by atoms with Crippen LogP contribution in [0.5, 0.6) is 11.5 Å². The smallest absolute Gasteiger partial charge is 0.171 e. The Labute approximate surface area is 118 Å². The molecule has 6 nitrogen and oxygen atoms in total. The molecule has 1 atom stereocenters. The quantitative estimate of drug-likeness (QED) is 0.840. The first-order valence-electron chi connectivity index (χ1n) is 6.67. The van der Waals surface area contributed by atoms with Crippen LogP contribution < -0.4 is 15.2 Å². The summed E-state index contributed by atoms with van der Waals surface area (Å²) in [4.78, 5) is 4.36. The standard InChI is InChI=1S/C14H20N4O2/c1-4-12-16-14(18-17-12)13(15)9-6-7-10(20-5-2)11(8-9)19-3/h6-8,13H,4-5,15H2,1-3H3,(H,16,17,18). The van der Waals surface area contributed by atoms with Gasteiger partial charge in [0.05, 0.1) is 19.8 Å². The monoisotopic (exact) mass is 276 g/mol. The van der Waals surface area contributed by atoms with Gasteiger partial charge in [-0.1, -0.05) is 13.0 Å². The lowest BCUT2D eigenvalue weighted by atomic mass is 10.1. The van der Waals surface area contributed by atoms with Crippen molar-refractivity contribution in [2.75, 3.05) is 13.7 Å². The van der Waals surface area contributed by atoms with E-state index in [9.17, 15) is 0 Å². The molecule has 0 saturated heterocycles. The first-order chi connectivity index (χ1) is 9.69. The molecule has 0 saturated carbocycles. The lowest BCUT2D eigenvalue weighted by molar-refractivity contribution is 0.310. The third-order valence-electron chi connectivity index (χ3n) is 3.01. The molecule has 0 spiro atoms. The summed E-state index contributed by atoms with van der Waals surface area (Å²) in [6.07, 6.45) is 0.798. The van der Waals surface area contributed by atoms with Crippen LogP contribution in [0.25, 0.3) is 0 Å².